The number of methoxy groups -OCH3 is 1. The fraction of sp³-hybridized carbons (Fsp3) is 0.154. The lowest BCUT2D eigenvalue weighted by molar-refractivity contribution is -0.104. The van der Waals surface area contributed by atoms with Crippen LogP contribution in [0.5, 0.6) is 5.75 Å². The van der Waals surface area contributed by atoms with Gasteiger partial charge in [0.05, 0.1) is 7.11 Å². The molecule has 0 aromatic heterocycles. The van der Waals surface area contributed by atoms with Gasteiger partial charge in [-0.15, -0.1) is 0 Å². The van der Waals surface area contributed by atoms with Crippen molar-refractivity contribution in [3.63, 3.8) is 0 Å². The van der Waals surface area contributed by atoms with Crippen molar-refractivity contribution in [3.05, 3.63) is 47.7 Å². The number of hydrogen-bond donors (Lipinski definition) is 1. The smallest absolute Gasteiger partial charge is 0.152 e. The van der Waals surface area contributed by atoms with Gasteiger partial charge in [0, 0.05) is 17.3 Å². The Morgan fingerprint density at radius 3 is 2.88 bits per heavy atom. The van der Waals surface area contributed by atoms with Crippen molar-refractivity contribution in [1.82, 2.24) is 5.32 Å². The van der Waals surface area contributed by atoms with E-state index in [2.05, 4.69) is 5.32 Å². The highest BCUT2D eigenvalue weighted by Crippen LogP contribution is 2.32. The summed E-state index contributed by atoms with van der Waals surface area (Å²) in [6.07, 6.45) is 4.21. The quantitative estimate of drug-likeness (QED) is 0.508. The average Bonchev–Trinajstić information content (AvgIpc) is 2.38. The van der Waals surface area contributed by atoms with E-state index < -0.39 is 0 Å². The molecule has 0 radical (unpaired) electrons. The second-order valence-corrected chi connectivity index (χ2v) is 4.04. The van der Waals surface area contributed by atoms with Crippen molar-refractivity contribution in [2.24, 2.45) is 0 Å². The molecule has 1 aliphatic heterocycles. The van der Waals surface area contributed by atoms with E-state index in [1.807, 2.05) is 24.3 Å². The third-order valence-corrected chi connectivity index (χ3v) is 2.80. The molecule has 0 bridgehead atoms. The molecular weight excluding hydrogens is 238 g/mol. The molecule has 2 rings (SSSR count). The molecule has 0 saturated heterocycles. The van der Waals surface area contributed by atoms with Crippen LogP contribution in [0.1, 0.15) is 5.56 Å². The van der Waals surface area contributed by atoms with Crippen LogP contribution in [0.4, 0.5) is 0 Å². The van der Waals surface area contributed by atoms with Crippen molar-refractivity contribution >= 4 is 23.5 Å². The van der Waals surface area contributed by atoms with Crippen molar-refractivity contribution in [2.75, 3.05) is 7.11 Å². The highest BCUT2D eigenvalue weighted by Gasteiger charge is 2.17. The van der Waals surface area contributed by atoms with E-state index in [-0.39, 0.29) is 5.50 Å². The molecule has 88 valence electrons. The van der Waals surface area contributed by atoms with Crippen LogP contribution in [-0.4, -0.2) is 18.9 Å². The third-order valence-electron chi connectivity index (χ3n) is 2.55. The van der Waals surface area contributed by atoms with Gasteiger partial charge < -0.3 is 10.1 Å². The van der Waals surface area contributed by atoms with Gasteiger partial charge in [0.25, 0.3) is 0 Å². The summed E-state index contributed by atoms with van der Waals surface area (Å²) >= 11 is 5.99. The third kappa shape index (κ3) is 2.34. The second-order valence-electron chi connectivity index (χ2n) is 3.57. The minimum atomic E-state index is -0.321. The van der Waals surface area contributed by atoms with Gasteiger partial charge in [-0.2, -0.15) is 0 Å². The fourth-order valence-electron chi connectivity index (χ4n) is 1.75. The number of carbonyl (C=O) groups excluding carboxylic acids is 1. The number of dihydropyridines is 1. The normalized spacial score (nSPS) is 18.8. The Bertz CT molecular complexity index is 494. The number of aldehydes is 1. The fourth-order valence-corrected chi connectivity index (χ4v) is 1.94. The molecular formula is C13H12ClNO2. The molecule has 4 heteroatoms. The predicted octanol–water partition coefficient (Wildman–Crippen LogP) is 2.33. The minimum Gasteiger partial charge on any atom is -0.496 e. The molecule has 1 N–H and O–H groups in total. The number of benzene rings is 1. The van der Waals surface area contributed by atoms with Crippen molar-refractivity contribution in [1.29, 1.82) is 0 Å². The summed E-state index contributed by atoms with van der Waals surface area (Å²) in [5.74, 6) is 0.720. The molecule has 1 unspecified atom stereocenters. The minimum absolute atomic E-state index is 0.321. The number of halogens is 1. The van der Waals surface area contributed by atoms with Gasteiger partial charge in [0.1, 0.15) is 11.3 Å². The van der Waals surface area contributed by atoms with Crippen LogP contribution in [0.25, 0.3) is 5.57 Å². The average molecular weight is 250 g/mol. The second kappa shape index (κ2) is 5.06. The summed E-state index contributed by atoms with van der Waals surface area (Å²) in [5, 5.41) is 2.88. The number of para-hydroxylation sites is 1. The van der Waals surface area contributed by atoms with Crippen LogP contribution >= 0.6 is 11.6 Å². The van der Waals surface area contributed by atoms with Gasteiger partial charge in [-0.3, -0.25) is 4.79 Å². The van der Waals surface area contributed by atoms with Crippen LogP contribution in [0, 0.1) is 0 Å². The van der Waals surface area contributed by atoms with E-state index in [9.17, 15) is 4.79 Å². The van der Waals surface area contributed by atoms with Crippen molar-refractivity contribution < 1.29 is 9.53 Å². The van der Waals surface area contributed by atoms with E-state index in [4.69, 9.17) is 16.3 Å². The number of carbonyl (C=O) groups is 1. The summed E-state index contributed by atoms with van der Waals surface area (Å²) in [4.78, 5) is 11.0. The Morgan fingerprint density at radius 1 is 1.41 bits per heavy atom. The van der Waals surface area contributed by atoms with Gasteiger partial charge in [0.2, 0.25) is 0 Å². The molecule has 17 heavy (non-hydrogen) atoms. The monoisotopic (exact) mass is 249 g/mol. The number of ether oxygens (including phenoxy) is 1. The van der Waals surface area contributed by atoms with Gasteiger partial charge in [-0.05, 0) is 17.7 Å². The number of alkyl halides is 1. The Labute approximate surface area is 105 Å². The zero-order chi connectivity index (χ0) is 12.3. The van der Waals surface area contributed by atoms with Crippen molar-refractivity contribution in [2.45, 2.75) is 5.50 Å². The van der Waals surface area contributed by atoms with Crippen LogP contribution in [-0.2, 0) is 4.79 Å². The van der Waals surface area contributed by atoms with E-state index in [0.29, 0.717) is 5.57 Å². The van der Waals surface area contributed by atoms with E-state index >= 15 is 0 Å². The Balaban J connectivity index is 2.50. The molecule has 0 spiro atoms. The summed E-state index contributed by atoms with van der Waals surface area (Å²) in [6.45, 7) is 0. The van der Waals surface area contributed by atoms with Crippen LogP contribution in [0.2, 0.25) is 0 Å². The molecule has 0 saturated carbocycles. The first-order valence-corrected chi connectivity index (χ1v) is 5.61. The molecule has 1 aromatic rings. The Morgan fingerprint density at radius 2 is 2.18 bits per heavy atom. The summed E-state index contributed by atoms with van der Waals surface area (Å²) in [5.41, 5.74) is 1.89. The molecule has 0 fully saturated rings. The molecule has 1 atom stereocenters. The summed E-state index contributed by atoms with van der Waals surface area (Å²) < 4.78 is 5.28. The summed E-state index contributed by atoms with van der Waals surface area (Å²) in [7, 11) is 1.60. The molecule has 0 aliphatic carbocycles. The Kier molecular flexibility index (Phi) is 3.49. The van der Waals surface area contributed by atoms with E-state index in [1.165, 1.54) is 0 Å². The zero-order valence-electron chi connectivity index (χ0n) is 9.31. The van der Waals surface area contributed by atoms with Gasteiger partial charge >= 0.3 is 0 Å². The largest absolute Gasteiger partial charge is 0.496 e. The zero-order valence-corrected chi connectivity index (χ0v) is 10.1. The first-order valence-electron chi connectivity index (χ1n) is 5.17. The van der Waals surface area contributed by atoms with Crippen LogP contribution in [0.15, 0.2) is 42.1 Å². The molecule has 1 aromatic carbocycles. The SMILES string of the molecule is COc1ccccc1C1=CC(Cl)NC=C1C=O. The van der Waals surface area contributed by atoms with Crippen LogP contribution in [0.3, 0.4) is 0 Å². The molecule has 1 heterocycles. The summed E-state index contributed by atoms with van der Waals surface area (Å²) in [6, 6.07) is 7.53. The maximum absolute atomic E-state index is 11.0. The molecule has 3 nitrogen and oxygen atoms in total. The number of rotatable bonds is 3. The highest BCUT2D eigenvalue weighted by molar-refractivity contribution is 6.23. The van der Waals surface area contributed by atoms with Crippen LogP contribution < -0.4 is 10.1 Å². The topological polar surface area (TPSA) is 38.3 Å². The van der Waals surface area contributed by atoms with Gasteiger partial charge in [-0.25, -0.2) is 0 Å². The van der Waals surface area contributed by atoms with Crippen molar-refractivity contribution in [3.8, 4) is 5.75 Å². The molecule has 0 amide bonds. The molecule has 1 aliphatic rings. The Hall–Kier alpha value is -1.74. The van der Waals surface area contributed by atoms with Gasteiger partial charge in [-0.1, -0.05) is 29.8 Å². The number of hydrogen-bond acceptors (Lipinski definition) is 3. The maximum Gasteiger partial charge on any atom is 0.152 e. The number of nitrogens with one attached hydrogen (secondary N) is 1. The first kappa shape index (κ1) is 11.7. The lowest BCUT2D eigenvalue weighted by atomic mass is 9.96. The maximum atomic E-state index is 11.0. The standard InChI is InChI=1S/C13H12ClNO2/c1-17-12-5-3-2-4-10(12)11-6-13(14)15-7-9(11)8-16/h2-8,13,15H,1H3. The number of allylic oxidation sites excluding steroid dienone is 2. The first-order chi connectivity index (χ1) is 8.26. The highest BCUT2D eigenvalue weighted by atomic mass is 35.5. The van der Waals surface area contributed by atoms with E-state index in [0.717, 1.165) is 23.2 Å². The predicted molar refractivity (Wildman–Crippen MR) is 67.9 cm³/mol. The lowest BCUT2D eigenvalue weighted by Gasteiger charge is -2.18. The van der Waals surface area contributed by atoms with E-state index in [1.54, 1.807) is 19.4 Å². The lowest BCUT2D eigenvalue weighted by Crippen LogP contribution is -2.21. The van der Waals surface area contributed by atoms with Gasteiger partial charge in [0.15, 0.2) is 6.29 Å².